The molecule has 0 radical (unpaired) electrons. The van der Waals surface area contributed by atoms with Crippen LogP contribution in [0.25, 0.3) is 0 Å². The predicted octanol–water partition coefficient (Wildman–Crippen LogP) is 2.26. The molecule has 1 aliphatic heterocycles. The zero-order chi connectivity index (χ0) is 15.5. The van der Waals surface area contributed by atoms with Gasteiger partial charge in [0.2, 0.25) is 0 Å². The molecule has 2 rings (SSSR count). The van der Waals surface area contributed by atoms with Gasteiger partial charge in [0.05, 0.1) is 5.02 Å². The van der Waals surface area contributed by atoms with Crippen molar-refractivity contribution in [1.82, 2.24) is 15.2 Å². The Morgan fingerprint density at radius 2 is 2.19 bits per heavy atom. The Balaban J connectivity index is 1.80. The fourth-order valence-electron chi connectivity index (χ4n) is 2.12. The quantitative estimate of drug-likeness (QED) is 0.624. The Bertz CT molecular complexity index is 534. The Kier molecular flexibility index (Phi) is 4.67. The van der Waals surface area contributed by atoms with Crippen LogP contribution in [0.2, 0.25) is 5.02 Å². The summed E-state index contributed by atoms with van der Waals surface area (Å²) >= 11 is 5.75. The lowest BCUT2D eigenvalue weighted by Crippen LogP contribution is -2.43. The van der Waals surface area contributed by atoms with Crippen molar-refractivity contribution in [3.63, 3.8) is 0 Å². The molecule has 1 saturated heterocycles. The summed E-state index contributed by atoms with van der Waals surface area (Å²) in [5.41, 5.74) is -0.762. The SMILES string of the molecule is CC[C@]1(C)NC(=O)N(CCCNc2ccc(Cl)cn2)C1=O. The highest BCUT2D eigenvalue weighted by Crippen LogP contribution is 2.20. The van der Waals surface area contributed by atoms with Crippen LogP contribution in [0.5, 0.6) is 0 Å². The van der Waals surface area contributed by atoms with E-state index >= 15 is 0 Å². The van der Waals surface area contributed by atoms with Gasteiger partial charge >= 0.3 is 6.03 Å². The molecule has 2 heterocycles. The third kappa shape index (κ3) is 3.44. The fourth-order valence-corrected chi connectivity index (χ4v) is 2.24. The fraction of sp³-hybridized carbons (Fsp3) is 0.500. The number of halogens is 1. The lowest BCUT2D eigenvalue weighted by atomic mass is 9.99. The van der Waals surface area contributed by atoms with Crippen molar-refractivity contribution in [2.75, 3.05) is 18.4 Å². The second-order valence-electron chi connectivity index (χ2n) is 5.21. The van der Waals surface area contributed by atoms with Gasteiger partial charge in [0.25, 0.3) is 5.91 Å². The maximum absolute atomic E-state index is 12.2. The zero-order valence-electron chi connectivity index (χ0n) is 12.1. The molecule has 0 unspecified atom stereocenters. The van der Waals surface area contributed by atoms with Crippen LogP contribution in [0.1, 0.15) is 26.7 Å². The minimum Gasteiger partial charge on any atom is -0.370 e. The molecule has 0 aromatic carbocycles. The third-order valence-corrected chi connectivity index (χ3v) is 3.87. The number of anilines is 1. The van der Waals surface area contributed by atoms with E-state index in [0.717, 1.165) is 5.82 Å². The average Bonchev–Trinajstić information content (AvgIpc) is 2.69. The third-order valence-electron chi connectivity index (χ3n) is 3.64. The molecule has 114 valence electrons. The van der Waals surface area contributed by atoms with Gasteiger partial charge in [-0.05, 0) is 31.9 Å². The van der Waals surface area contributed by atoms with Gasteiger partial charge in [-0.2, -0.15) is 0 Å². The first-order valence-electron chi connectivity index (χ1n) is 6.96. The van der Waals surface area contributed by atoms with Crippen LogP contribution in [0.3, 0.4) is 0 Å². The van der Waals surface area contributed by atoms with Gasteiger partial charge in [0, 0.05) is 19.3 Å². The number of hydrogen-bond donors (Lipinski definition) is 2. The highest BCUT2D eigenvalue weighted by Gasteiger charge is 2.45. The van der Waals surface area contributed by atoms with E-state index in [-0.39, 0.29) is 11.9 Å². The molecule has 21 heavy (non-hydrogen) atoms. The summed E-state index contributed by atoms with van der Waals surface area (Å²) in [6.45, 7) is 4.65. The molecule has 0 spiro atoms. The monoisotopic (exact) mass is 310 g/mol. The summed E-state index contributed by atoms with van der Waals surface area (Å²) in [6.07, 6.45) is 2.80. The molecule has 3 amide bonds. The number of pyridine rings is 1. The largest absolute Gasteiger partial charge is 0.370 e. The molecular formula is C14H19ClN4O2. The number of urea groups is 1. The number of nitrogens with one attached hydrogen (secondary N) is 2. The lowest BCUT2D eigenvalue weighted by molar-refractivity contribution is -0.130. The molecule has 7 heteroatoms. The van der Waals surface area contributed by atoms with Crippen molar-refractivity contribution >= 4 is 29.4 Å². The van der Waals surface area contributed by atoms with Crippen LogP contribution in [-0.4, -0.2) is 40.5 Å². The first-order valence-corrected chi connectivity index (χ1v) is 7.33. The Labute approximate surface area is 128 Å². The Morgan fingerprint density at radius 3 is 2.76 bits per heavy atom. The smallest absolute Gasteiger partial charge is 0.325 e. The second kappa shape index (κ2) is 6.30. The molecule has 1 atom stereocenters. The summed E-state index contributed by atoms with van der Waals surface area (Å²) < 4.78 is 0. The highest BCUT2D eigenvalue weighted by molar-refractivity contribution is 6.30. The van der Waals surface area contributed by atoms with E-state index in [1.165, 1.54) is 4.90 Å². The van der Waals surface area contributed by atoms with Gasteiger partial charge in [-0.25, -0.2) is 9.78 Å². The molecule has 0 bridgehead atoms. The normalized spacial score (nSPS) is 21.6. The number of amides is 3. The molecular weight excluding hydrogens is 292 g/mol. The van der Waals surface area contributed by atoms with Crippen LogP contribution in [0, 0.1) is 0 Å². The summed E-state index contributed by atoms with van der Waals surface area (Å²) in [7, 11) is 0. The van der Waals surface area contributed by atoms with Crippen molar-refractivity contribution < 1.29 is 9.59 Å². The maximum Gasteiger partial charge on any atom is 0.325 e. The van der Waals surface area contributed by atoms with Crippen LogP contribution in [-0.2, 0) is 4.79 Å². The summed E-state index contributed by atoms with van der Waals surface area (Å²) in [5.74, 6) is 0.564. The number of rotatable bonds is 6. The molecule has 1 aliphatic rings. The van der Waals surface area contributed by atoms with Crippen molar-refractivity contribution in [3.8, 4) is 0 Å². The summed E-state index contributed by atoms with van der Waals surface area (Å²) in [6, 6.07) is 3.22. The summed E-state index contributed by atoms with van der Waals surface area (Å²) in [5, 5.41) is 6.44. The van der Waals surface area contributed by atoms with E-state index in [1.54, 1.807) is 25.3 Å². The van der Waals surface area contributed by atoms with E-state index in [4.69, 9.17) is 11.6 Å². The molecule has 1 aromatic heterocycles. The molecule has 0 saturated carbocycles. The van der Waals surface area contributed by atoms with Crippen molar-refractivity contribution in [3.05, 3.63) is 23.4 Å². The van der Waals surface area contributed by atoms with Crippen LogP contribution < -0.4 is 10.6 Å². The molecule has 0 aliphatic carbocycles. The minimum absolute atomic E-state index is 0.153. The van der Waals surface area contributed by atoms with Crippen LogP contribution in [0.4, 0.5) is 10.6 Å². The number of nitrogens with zero attached hydrogens (tertiary/aromatic N) is 2. The molecule has 2 N–H and O–H groups in total. The first-order chi connectivity index (χ1) is 9.96. The van der Waals surface area contributed by atoms with E-state index in [0.29, 0.717) is 31.0 Å². The topological polar surface area (TPSA) is 74.3 Å². The zero-order valence-corrected chi connectivity index (χ0v) is 12.9. The number of carbonyl (C=O) groups excluding carboxylic acids is 2. The van der Waals surface area contributed by atoms with Gasteiger partial charge in [-0.15, -0.1) is 0 Å². The van der Waals surface area contributed by atoms with E-state index in [2.05, 4.69) is 15.6 Å². The molecule has 1 fully saturated rings. The summed E-state index contributed by atoms with van der Waals surface area (Å²) in [4.78, 5) is 29.4. The average molecular weight is 311 g/mol. The molecule has 1 aromatic rings. The molecule has 6 nitrogen and oxygen atoms in total. The Hall–Kier alpha value is -1.82. The van der Waals surface area contributed by atoms with E-state index in [9.17, 15) is 9.59 Å². The standard InChI is InChI=1S/C14H19ClN4O2/c1-3-14(2)12(20)19(13(21)18-14)8-4-7-16-11-6-5-10(15)9-17-11/h5-6,9H,3-4,7-8H2,1-2H3,(H,16,17)(H,18,21)/t14-/m0/s1. The van der Waals surface area contributed by atoms with Gasteiger partial charge in [-0.3, -0.25) is 9.69 Å². The highest BCUT2D eigenvalue weighted by atomic mass is 35.5. The minimum atomic E-state index is -0.762. The van der Waals surface area contributed by atoms with Gasteiger partial charge < -0.3 is 10.6 Å². The van der Waals surface area contributed by atoms with Crippen molar-refractivity contribution in [1.29, 1.82) is 0 Å². The van der Waals surface area contributed by atoms with Crippen LogP contribution in [0.15, 0.2) is 18.3 Å². The number of imide groups is 1. The van der Waals surface area contributed by atoms with Gasteiger partial charge in [-0.1, -0.05) is 18.5 Å². The predicted molar refractivity (Wildman–Crippen MR) is 81.3 cm³/mol. The number of carbonyl (C=O) groups is 2. The van der Waals surface area contributed by atoms with E-state index < -0.39 is 5.54 Å². The first kappa shape index (κ1) is 15.6. The van der Waals surface area contributed by atoms with Crippen molar-refractivity contribution in [2.24, 2.45) is 0 Å². The van der Waals surface area contributed by atoms with Crippen LogP contribution >= 0.6 is 11.6 Å². The Morgan fingerprint density at radius 1 is 1.43 bits per heavy atom. The van der Waals surface area contributed by atoms with Crippen molar-refractivity contribution in [2.45, 2.75) is 32.2 Å². The maximum atomic E-state index is 12.2. The lowest BCUT2D eigenvalue weighted by Gasteiger charge is -2.19. The van der Waals surface area contributed by atoms with Gasteiger partial charge in [0.15, 0.2) is 0 Å². The number of hydrogen-bond acceptors (Lipinski definition) is 4. The van der Waals surface area contributed by atoms with Gasteiger partial charge in [0.1, 0.15) is 11.4 Å². The second-order valence-corrected chi connectivity index (χ2v) is 5.65. The van der Waals surface area contributed by atoms with E-state index in [1.807, 2.05) is 6.92 Å². The number of aromatic nitrogens is 1.